The lowest BCUT2D eigenvalue weighted by Gasteiger charge is -2.50. The summed E-state index contributed by atoms with van der Waals surface area (Å²) in [6.45, 7) is 5.75. The van der Waals surface area contributed by atoms with E-state index in [1.165, 1.54) is 5.56 Å². The minimum Gasteiger partial charge on any atom is -0.396 e. The van der Waals surface area contributed by atoms with E-state index in [0.717, 1.165) is 23.4 Å². The quantitative estimate of drug-likeness (QED) is 0.641. The molecule has 0 aliphatic carbocycles. The highest BCUT2D eigenvalue weighted by Gasteiger charge is 2.55. The van der Waals surface area contributed by atoms with Crippen molar-refractivity contribution in [2.45, 2.75) is 95.0 Å². The van der Waals surface area contributed by atoms with Gasteiger partial charge in [0.25, 0.3) is 0 Å². The molecule has 1 amide bonds. The second-order valence-corrected chi connectivity index (χ2v) is 10.4. The number of fused-ring (bicyclic) bond motifs is 2. The van der Waals surface area contributed by atoms with Gasteiger partial charge in [0, 0.05) is 25.6 Å². The number of benzene rings is 1. The Morgan fingerprint density at radius 2 is 1.97 bits per heavy atom. The number of ether oxygens (including phenoxy) is 1. The molecule has 2 aromatic rings. The molecular formula is C27H38N2O5. The van der Waals surface area contributed by atoms with Crippen molar-refractivity contribution in [1.29, 1.82) is 0 Å². The van der Waals surface area contributed by atoms with E-state index in [0.29, 0.717) is 38.5 Å². The number of carbonyl (C=O) groups excluding carboxylic acids is 1. The first-order chi connectivity index (χ1) is 16.2. The van der Waals surface area contributed by atoms with Crippen LogP contribution in [0.4, 0.5) is 0 Å². The van der Waals surface area contributed by atoms with E-state index < -0.39 is 17.3 Å². The number of aliphatic hydroxyl groups excluding tert-OH is 2. The van der Waals surface area contributed by atoms with Crippen LogP contribution < -0.4 is 0 Å². The molecule has 2 bridgehead atoms. The van der Waals surface area contributed by atoms with Crippen LogP contribution >= 0.6 is 0 Å². The fraction of sp³-hybridized carbons (Fsp3) is 0.630. The molecule has 0 saturated carbocycles. The highest BCUT2D eigenvalue weighted by Crippen LogP contribution is 2.51. The van der Waals surface area contributed by atoms with E-state index in [4.69, 9.17) is 9.26 Å². The average molecular weight is 471 g/mol. The van der Waals surface area contributed by atoms with Crippen molar-refractivity contribution in [2.24, 2.45) is 0 Å². The van der Waals surface area contributed by atoms with Crippen LogP contribution in [0.2, 0.25) is 0 Å². The van der Waals surface area contributed by atoms with E-state index in [-0.39, 0.29) is 24.5 Å². The molecule has 1 aromatic carbocycles. The third-order valence-electron chi connectivity index (χ3n) is 8.10. The van der Waals surface area contributed by atoms with Gasteiger partial charge in [-0.15, -0.1) is 0 Å². The number of aryl methyl sites for hydroxylation is 2. The number of rotatable bonds is 7. The highest BCUT2D eigenvalue weighted by molar-refractivity contribution is 5.76. The van der Waals surface area contributed by atoms with Crippen LogP contribution in [0.25, 0.3) is 0 Å². The normalized spacial score (nSPS) is 31.2. The fourth-order valence-corrected chi connectivity index (χ4v) is 6.20. The SMILES string of the molecule is Cc1noc(C)c1CCC(=O)N(C)[C@H]1CC[C@@]2(CCO)C[C@H](c3ccccc3)C[C@](C)(O2)[C@@H]1O. The summed E-state index contributed by atoms with van der Waals surface area (Å²) in [6.07, 6.45) is 3.38. The van der Waals surface area contributed by atoms with E-state index in [1.54, 1.807) is 11.9 Å². The molecule has 5 atom stereocenters. The van der Waals surface area contributed by atoms with Crippen molar-refractivity contribution >= 4 is 5.91 Å². The Labute approximate surface area is 202 Å². The van der Waals surface area contributed by atoms with Gasteiger partial charge in [-0.1, -0.05) is 35.5 Å². The van der Waals surface area contributed by atoms with E-state index in [1.807, 2.05) is 39.0 Å². The van der Waals surface area contributed by atoms with Gasteiger partial charge in [0.05, 0.1) is 22.9 Å². The predicted octanol–water partition coefficient (Wildman–Crippen LogP) is 3.68. The van der Waals surface area contributed by atoms with Crippen LogP contribution in [-0.2, 0) is 16.0 Å². The van der Waals surface area contributed by atoms with Crippen molar-refractivity contribution in [2.75, 3.05) is 13.7 Å². The largest absolute Gasteiger partial charge is 0.396 e. The Morgan fingerprint density at radius 1 is 1.24 bits per heavy atom. The minimum absolute atomic E-state index is 0.0140. The summed E-state index contributed by atoms with van der Waals surface area (Å²) in [5.41, 5.74) is 1.69. The van der Waals surface area contributed by atoms with Crippen molar-refractivity contribution < 1.29 is 24.3 Å². The lowest BCUT2D eigenvalue weighted by molar-refractivity contribution is -0.226. The number of hydrogen-bond acceptors (Lipinski definition) is 6. The maximum Gasteiger partial charge on any atom is 0.222 e. The topological polar surface area (TPSA) is 96.0 Å². The summed E-state index contributed by atoms with van der Waals surface area (Å²) in [6, 6.07) is 10.0. The van der Waals surface area contributed by atoms with Gasteiger partial charge in [-0.25, -0.2) is 0 Å². The van der Waals surface area contributed by atoms with Gasteiger partial charge in [-0.3, -0.25) is 4.79 Å². The summed E-state index contributed by atoms with van der Waals surface area (Å²) in [7, 11) is 1.79. The fourth-order valence-electron chi connectivity index (χ4n) is 6.20. The van der Waals surface area contributed by atoms with Gasteiger partial charge >= 0.3 is 0 Å². The van der Waals surface area contributed by atoms with Crippen LogP contribution in [-0.4, -0.2) is 63.2 Å². The number of hydrogen-bond donors (Lipinski definition) is 2. The Kier molecular flexibility index (Phi) is 7.17. The maximum absolute atomic E-state index is 13.2. The Balaban J connectivity index is 1.55. The zero-order valence-electron chi connectivity index (χ0n) is 20.8. The van der Waals surface area contributed by atoms with E-state index in [9.17, 15) is 15.0 Å². The van der Waals surface area contributed by atoms with Gasteiger partial charge in [-0.2, -0.15) is 0 Å². The monoisotopic (exact) mass is 470 g/mol. The molecule has 1 aromatic heterocycles. The average Bonchev–Trinajstić information content (AvgIpc) is 3.11. The molecule has 2 N–H and O–H groups in total. The molecule has 3 heterocycles. The van der Waals surface area contributed by atoms with Crippen molar-refractivity contribution in [3.8, 4) is 0 Å². The lowest BCUT2D eigenvalue weighted by Crippen LogP contribution is -2.58. The third-order valence-corrected chi connectivity index (χ3v) is 8.10. The van der Waals surface area contributed by atoms with Gasteiger partial charge < -0.3 is 24.4 Å². The second kappa shape index (κ2) is 9.80. The Hall–Kier alpha value is -2.22. The molecule has 7 heteroatoms. The number of amides is 1. The summed E-state index contributed by atoms with van der Waals surface area (Å²) >= 11 is 0. The van der Waals surface area contributed by atoms with Crippen LogP contribution in [0.1, 0.15) is 73.9 Å². The maximum atomic E-state index is 13.2. The lowest BCUT2D eigenvalue weighted by atomic mass is 9.73. The van der Waals surface area contributed by atoms with Crippen molar-refractivity contribution in [1.82, 2.24) is 10.1 Å². The molecule has 2 aliphatic rings. The van der Waals surface area contributed by atoms with Gasteiger partial charge in [-0.05, 0) is 70.8 Å². The van der Waals surface area contributed by atoms with Gasteiger partial charge in [0.15, 0.2) is 0 Å². The third kappa shape index (κ3) is 4.79. The first-order valence-electron chi connectivity index (χ1n) is 12.4. The smallest absolute Gasteiger partial charge is 0.222 e. The summed E-state index contributed by atoms with van der Waals surface area (Å²) in [5.74, 6) is 0.954. The number of likely N-dealkylation sites (N-methyl/N-ethyl adjacent to an activating group) is 1. The molecule has 2 saturated heterocycles. The zero-order valence-corrected chi connectivity index (χ0v) is 20.8. The van der Waals surface area contributed by atoms with Crippen LogP contribution in [0.15, 0.2) is 34.9 Å². The van der Waals surface area contributed by atoms with Crippen molar-refractivity contribution in [3.63, 3.8) is 0 Å². The van der Waals surface area contributed by atoms with Crippen LogP contribution in [0.3, 0.4) is 0 Å². The molecule has 4 rings (SSSR count). The van der Waals surface area contributed by atoms with Gasteiger partial charge in [0.1, 0.15) is 11.9 Å². The number of aromatic nitrogens is 1. The number of nitrogens with zero attached hydrogens (tertiary/aromatic N) is 2. The molecule has 186 valence electrons. The van der Waals surface area contributed by atoms with Gasteiger partial charge in [0.2, 0.25) is 5.91 Å². The molecule has 34 heavy (non-hydrogen) atoms. The first kappa shape index (κ1) is 24.9. The second-order valence-electron chi connectivity index (χ2n) is 10.4. The Bertz CT molecular complexity index is 973. The summed E-state index contributed by atoms with van der Waals surface area (Å²) < 4.78 is 11.9. The van der Waals surface area contributed by atoms with Crippen LogP contribution in [0, 0.1) is 13.8 Å². The first-order valence-corrected chi connectivity index (χ1v) is 12.4. The summed E-state index contributed by atoms with van der Waals surface area (Å²) in [4.78, 5) is 14.9. The summed E-state index contributed by atoms with van der Waals surface area (Å²) in [5, 5.41) is 25.5. The number of carbonyl (C=O) groups is 1. The number of aliphatic hydroxyl groups is 2. The molecule has 0 unspecified atom stereocenters. The predicted molar refractivity (Wildman–Crippen MR) is 128 cm³/mol. The minimum atomic E-state index is -0.826. The zero-order chi connectivity index (χ0) is 24.5. The van der Waals surface area contributed by atoms with Crippen LogP contribution in [0.5, 0.6) is 0 Å². The molecule has 0 radical (unpaired) electrons. The molecular weight excluding hydrogens is 432 g/mol. The van der Waals surface area contributed by atoms with E-state index >= 15 is 0 Å². The standard InChI is InChI=1S/C27H38N2O5/c1-18-22(19(2)33-28-18)10-11-24(31)29(4)23-12-13-27(14-15-30)17-21(20-8-6-5-7-9-20)16-26(3,34-27)25(23)32/h5-9,21,23,25,30,32H,10-17H2,1-4H3/t21-,23+,25-,26+,27-/m1/s1. The van der Waals surface area contributed by atoms with Crippen molar-refractivity contribution in [3.05, 3.63) is 52.9 Å². The molecule has 0 spiro atoms. The highest BCUT2D eigenvalue weighted by atomic mass is 16.5. The molecule has 7 nitrogen and oxygen atoms in total. The Morgan fingerprint density at radius 3 is 2.62 bits per heavy atom. The van der Waals surface area contributed by atoms with E-state index in [2.05, 4.69) is 17.3 Å². The molecule has 2 fully saturated rings. The molecule has 2 aliphatic heterocycles.